The number of unbranched alkanes of at least 4 members (excludes halogenated alkanes) is 1. The fraction of sp³-hybridized carbons (Fsp3) is 0.500. The van der Waals surface area contributed by atoms with Gasteiger partial charge in [0, 0.05) is 20.1 Å². The van der Waals surface area contributed by atoms with Gasteiger partial charge in [-0.2, -0.15) is 0 Å². The van der Waals surface area contributed by atoms with E-state index in [1.807, 2.05) is 44.2 Å². The van der Waals surface area contributed by atoms with Gasteiger partial charge in [0.2, 0.25) is 0 Å². The summed E-state index contributed by atoms with van der Waals surface area (Å²) in [5.41, 5.74) is 2.35. The van der Waals surface area contributed by atoms with Crippen LogP contribution < -0.4 is 0 Å². The van der Waals surface area contributed by atoms with Gasteiger partial charge in [-0.3, -0.25) is 4.79 Å². The van der Waals surface area contributed by atoms with Crippen LogP contribution in [-0.4, -0.2) is 34.5 Å². The van der Waals surface area contributed by atoms with Crippen LogP contribution in [0, 0.1) is 5.92 Å². The third-order valence-electron chi connectivity index (χ3n) is 3.63. The predicted octanol–water partition coefficient (Wildman–Crippen LogP) is 3.47. The molecule has 1 aromatic carbocycles. The maximum atomic E-state index is 12.5. The molecule has 0 radical (unpaired) electrons. The summed E-state index contributed by atoms with van der Waals surface area (Å²) in [6.07, 6.45) is 3.16. The Morgan fingerprint density at radius 2 is 1.96 bits per heavy atom. The Balaban J connectivity index is 2.27. The zero-order valence-corrected chi connectivity index (χ0v) is 14.2. The van der Waals surface area contributed by atoms with Crippen LogP contribution in [0.3, 0.4) is 0 Å². The first kappa shape index (κ1) is 17.3. The molecule has 0 aliphatic heterocycles. The van der Waals surface area contributed by atoms with Gasteiger partial charge in [-0.25, -0.2) is 4.68 Å². The van der Waals surface area contributed by atoms with Gasteiger partial charge >= 0.3 is 0 Å². The Bertz CT molecular complexity index is 620. The van der Waals surface area contributed by atoms with Gasteiger partial charge in [0.1, 0.15) is 0 Å². The summed E-state index contributed by atoms with van der Waals surface area (Å²) >= 11 is 0. The molecule has 124 valence electrons. The van der Waals surface area contributed by atoms with Crippen molar-refractivity contribution < 1.29 is 9.53 Å². The number of ketones is 1. The summed E-state index contributed by atoms with van der Waals surface area (Å²) in [6, 6.07) is 9.83. The standard InChI is InChI=1S/C18H25N3O2/c1-14(2)13-17(22)18-16(11-7-8-12-23-3)21(20-19-18)15-9-5-4-6-10-15/h4-6,9-10,14H,7-8,11-13H2,1-3H3. The molecule has 5 heteroatoms. The molecule has 2 aromatic rings. The van der Waals surface area contributed by atoms with Gasteiger partial charge in [0.25, 0.3) is 0 Å². The fourth-order valence-electron chi connectivity index (χ4n) is 2.53. The number of hydrogen-bond donors (Lipinski definition) is 0. The predicted molar refractivity (Wildman–Crippen MR) is 90.0 cm³/mol. The second kappa shape index (κ2) is 8.58. The number of nitrogens with zero attached hydrogens (tertiary/aromatic N) is 3. The lowest BCUT2D eigenvalue weighted by molar-refractivity contribution is 0.0962. The van der Waals surface area contributed by atoms with Gasteiger partial charge in [-0.05, 0) is 37.3 Å². The van der Waals surface area contributed by atoms with E-state index in [-0.39, 0.29) is 5.78 Å². The minimum Gasteiger partial charge on any atom is -0.385 e. The Hall–Kier alpha value is -2.01. The molecule has 0 aliphatic rings. The lowest BCUT2D eigenvalue weighted by atomic mass is 10.0. The van der Waals surface area contributed by atoms with Gasteiger partial charge in [-0.1, -0.05) is 37.3 Å². The molecule has 0 atom stereocenters. The molecule has 0 fully saturated rings. The van der Waals surface area contributed by atoms with E-state index in [0.29, 0.717) is 18.0 Å². The summed E-state index contributed by atoms with van der Waals surface area (Å²) in [5, 5.41) is 8.40. The first-order valence-electron chi connectivity index (χ1n) is 8.15. The Kier molecular flexibility index (Phi) is 6.47. The van der Waals surface area contributed by atoms with Crippen molar-refractivity contribution in [3.8, 4) is 5.69 Å². The van der Waals surface area contributed by atoms with E-state index in [9.17, 15) is 4.79 Å². The quantitative estimate of drug-likeness (QED) is 0.525. The van der Waals surface area contributed by atoms with Crippen LogP contribution >= 0.6 is 0 Å². The first-order chi connectivity index (χ1) is 11.1. The topological polar surface area (TPSA) is 57.0 Å². The van der Waals surface area contributed by atoms with E-state index in [0.717, 1.165) is 37.3 Å². The van der Waals surface area contributed by atoms with E-state index in [2.05, 4.69) is 10.3 Å². The average molecular weight is 315 g/mol. The summed E-state index contributed by atoms with van der Waals surface area (Å²) in [6.45, 7) is 4.80. The number of benzene rings is 1. The highest BCUT2D eigenvalue weighted by Gasteiger charge is 2.20. The summed E-state index contributed by atoms with van der Waals surface area (Å²) in [4.78, 5) is 12.5. The highest BCUT2D eigenvalue weighted by atomic mass is 16.5. The monoisotopic (exact) mass is 315 g/mol. The highest BCUT2D eigenvalue weighted by molar-refractivity contribution is 5.95. The molecule has 2 rings (SSSR count). The molecule has 0 bridgehead atoms. The molecular formula is C18H25N3O2. The van der Waals surface area contributed by atoms with Crippen molar-refractivity contribution in [2.24, 2.45) is 5.92 Å². The van der Waals surface area contributed by atoms with Crippen LogP contribution in [0.4, 0.5) is 0 Å². The van der Waals surface area contributed by atoms with Crippen molar-refractivity contribution in [2.75, 3.05) is 13.7 Å². The van der Waals surface area contributed by atoms with Crippen molar-refractivity contribution in [1.29, 1.82) is 0 Å². The zero-order valence-electron chi connectivity index (χ0n) is 14.2. The van der Waals surface area contributed by atoms with Crippen molar-refractivity contribution in [2.45, 2.75) is 39.5 Å². The molecule has 0 saturated carbocycles. The fourth-order valence-corrected chi connectivity index (χ4v) is 2.53. The number of ether oxygens (including phenoxy) is 1. The van der Waals surface area contributed by atoms with E-state index in [1.54, 1.807) is 11.8 Å². The van der Waals surface area contributed by atoms with E-state index < -0.39 is 0 Å². The smallest absolute Gasteiger partial charge is 0.185 e. The van der Waals surface area contributed by atoms with Crippen LogP contribution in [0.15, 0.2) is 30.3 Å². The van der Waals surface area contributed by atoms with E-state index in [1.165, 1.54) is 0 Å². The number of Topliss-reactive ketones (excluding diaryl/α,β-unsaturated/α-hetero) is 1. The third kappa shape index (κ3) is 4.73. The molecular weight excluding hydrogens is 290 g/mol. The molecule has 0 saturated heterocycles. The molecule has 5 nitrogen and oxygen atoms in total. The van der Waals surface area contributed by atoms with Crippen LogP contribution in [0.1, 0.15) is 49.3 Å². The minimum atomic E-state index is 0.0731. The molecule has 0 amide bonds. The van der Waals surface area contributed by atoms with Crippen molar-refractivity contribution in [3.05, 3.63) is 41.7 Å². The van der Waals surface area contributed by atoms with Crippen LogP contribution in [0.25, 0.3) is 5.69 Å². The van der Waals surface area contributed by atoms with Gasteiger partial charge < -0.3 is 4.74 Å². The average Bonchev–Trinajstić information content (AvgIpc) is 2.96. The van der Waals surface area contributed by atoms with E-state index in [4.69, 9.17) is 4.74 Å². The van der Waals surface area contributed by atoms with Gasteiger partial charge in [-0.15, -0.1) is 5.10 Å². The Morgan fingerprint density at radius 3 is 2.61 bits per heavy atom. The van der Waals surface area contributed by atoms with Crippen LogP contribution in [-0.2, 0) is 11.2 Å². The minimum absolute atomic E-state index is 0.0731. The maximum Gasteiger partial charge on any atom is 0.185 e. The van der Waals surface area contributed by atoms with E-state index >= 15 is 0 Å². The van der Waals surface area contributed by atoms with Crippen molar-refractivity contribution >= 4 is 5.78 Å². The number of rotatable bonds is 9. The lowest BCUT2D eigenvalue weighted by Gasteiger charge is -2.08. The summed E-state index contributed by atoms with van der Waals surface area (Å²) < 4.78 is 6.89. The second-order valence-corrected chi connectivity index (χ2v) is 6.10. The number of hydrogen-bond acceptors (Lipinski definition) is 4. The molecule has 0 spiro atoms. The SMILES string of the molecule is COCCCCc1c(C(=O)CC(C)C)nnn1-c1ccccc1. The number of aromatic nitrogens is 3. The molecule has 0 N–H and O–H groups in total. The molecule has 0 aliphatic carbocycles. The Labute approximate surface area is 137 Å². The zero-order chi connectivity index (χ0) is 16.7. The second-order valence-electron chi connectivity index (χ2n) is 6.10. The molecule has 1 aromatic heterocycles. The largest absolute Gasteiger partial charge is 0.385 e. The van der Waals surface area contributed by atoms with Crippen molar-refractivity contribution in [3.63, 3.8) is 0 Å². The number of carbonyl (C=O) groups is 1. The number of carbonyl (C=O) groups excluding carboxylic acids is 1. The van der Waals surface area contributed by atoms with Crippen LogP contribution in [0.2, 0.25) is 0 Å². The first-order valence-corrected chi connectivity index (χ1v) is 8.15. The summed E-state index contributed by atoms with van der Waals surface area (Å²) in [7, 11) is 1.70. The van der Waals surface area contributed by atoms with Crippen LogP contribution in [0.5, 0.6) is 0 Å². The third-order valence-corrected chi connectivity index (χ3v) is 3.63. The maximum absolute atomic E-state index is 12.5. The molecule has 23 heavy (non-hydrogen) atoms. The lowest BCUT2D eigenvalue weighted by Crippen LogP contribution is -2.10. The molecule has 1 heterocycles. The number of para-hydroxylation sites is 1. The summed E-state index contributed by atoms with van der Waals surface area (Å²) in [5.74, 6) is 0.384. The number of methoxy groups -OCH3 is 1. The van der Waals surface area contributed by atoms with Gasteiger partial charge in [0.15, 0.2) is 11.5 Å². The Morgan fingerprint density at radius 1 is 1.22 bits per heavy atom. The van der Waals surface area contributed by atoms with Gasteiger partial charge in [0.05, 0.1) is 11.4 Å². The normalized spacial score (nSPS) is 11.1. The molecule has 0 unspecified atom stereocenters. The highest BCUT2D eigenvalue weighted by Crippen LogP contribution is 2.18. The van der Waals surface area contributed by atoms with Crippen molar-refractivity contribution in [1.82, 2.24) is 15.0 Å².